The Labute approximate surface area is 169 Å². The molecular weight excluding hydrogens is 372 g/mol. The maximum Gasteiger partial charge on any atom is 0.246 e. The van der Waals surface area contributed by atoms with Gasteiger partial charge in [-0.2, -0.15) is 4.68 Å². The van der Waals surface area contributed by atoms with Crippen molar-refractivity contribution in [1.29, 1.82) is 0 Å². The minimum atomic E-state index is -0.352. The summed E-state index contributed by atoms with van der Waals surface area (Å²) in [6.07, 6.45) is 1.92. The first-order valence-electron chi connectivity index (χ1n) is 9.20. The third-order valence-electron chi connectivity index (χ3n) is 4.52. The zero-order chi connectivity index (χ0) is 19.9. The number of anilines is 1. The normalized spacial score (nSPS) is 12.1. The van der Waals surface area contributed by atoms with Crippen molar-refractivity contribution in [3.8, 4) is 5.69 Å². The summed E-state index contributed by atoms with van der Waals surface area (Å²) in [6, 6.07) is 17.0. The Morgan fingerprint density at radius 3 is 2.57 bits per heavy atom. The summed E-state index contributed by atoms with van der Waals surface area (Å²) in [6.45, 7) is 5.69. The van der Waals surface area contributed by atoms with Gasteiger partial charge < -0.3 is 5.32 Å². The van der Waals surface area contributed by atoms with Crippen LogP contribution in [0.15, 0.2) is 59.8 Å². The smallest absolute Gasteiger partial charge is 0.246 e. The molecule has 146 valence electrons. The second-order valence-corrected chi connectivity index (χ2v) is 6.92. The Bertz CT molecular complexity index is 910. The van der Waals surface area contributed by atoms with Crippen LogP contribution in [0.5, 0.6) is 0 Å². The number of thioether (sulfide) groups is 1. The number of benzene rings is 2. The first-order valence-corrected chi connectivity index (χ1v) is 10.4. The predicted molar refractivity (Wildman–Crippen MR) is 112 cm³/mol. The van der Waals surface area contributed by atoms with Crippen molar-refractivity contribution < 1.29 is 4.79 Å². The fourth-order valence-electron chi connectivity index (χ4n) is 3.15. The molecule has 0 bridgehead atoms. The first kappa shape index (κ1) is 20.0. The Kier molecular flexibility index (Phi) is 6.78. The molecule has 0 aliphatic rings. The van der Waals surface area contributed by atoms with Gasteiger partial charge in [0.15, 0.2) is 0 Å². The number of tetrazole rings is 1. The Hall–Kier alpha value is -2.71. The van der Waals surface area contributed by atoms with Crippen molar-refractivity contribution in [2.24, 2.45) is 0 Å². The molecular formula is C20H24N6OS. The molecule has 1 atom stereocenters. The first-order chi connectivity index (χ1) is 13.7. The SMILES string of the molecule is CCN(CC)C(C(=O)Nc1cccc(-n2nnnc2SC)c1)c1ccccc1. The quantitative estimate of drug-likeness (QED) is 0.588. The van der Waals surface area contributed by atoms with Gasteiger partial charge in [-0.15, -0.1) is 5.10 Å². The van der Waals surface area contributed by atoms with E-state index in [-0.39, 0.29) is 11.9 Å². The summed E-state index contributed by atoms with van der Waals surface area (Å²) >= 11 is 1.46. The molecule has 1 amide bonds. The van der Waals surface area contributed by atoms with E-state index in [1.54, 1.807) is 4.68 Å². The molecule has 0 saturated heterocycles. The number of aromatic nitrogens is 4. The number of nitrogens with zero attached hydrogens (tertiary/aromatic N) is 5. The number of carbonyl (C=O) groups excluding carboxylic acids is 1. The molecule has 0 aliphatic carbocycles. The van der Waals surface area contributed by atoms with E-state index >= 15 is 0 Å². The lowest BCUT2D eigenvalue weighted by atomic mass is 10.0. The van der Waals surface area contributed by atoms with E-state index in [0.717, 1.165) is 24.3 Å². The summed E-state index contributed by atoms with van der Waals surface area (Å²) in [4.78, 5) is 15.3. The molecule has 0 saturated carbocycles. The van der Waals surface area contributed by atoms with Crippen molar-refractivity contribution >= 4 is 23.4 Å². The minimum Gasteiger partial charge on any atom is -0.324 e. The van der Waals surface area contributed by atoms with Gasteiger partial charge in [0.1, 0.15) is 6.04 Å². The van der Waals surface area contributed by atoms with Gasteiger partial charge in [0, 0.05) is 5.69 Å². The lowest BCUT2D eigenvalue weighted by molar-refractivity contribution is -0.121. The number of hydrogen-bond acceptors (Lipinski definition) is 6. The van der Waals surface area contributed by atoms with Gasteiger partial charge in [0.2, 0.25) is 11.1 Å². The van der Waals surface area contributed by atoms with Crippen molar-refractivity contribution in [2.75, 3.05) is 24.7 Å². The number of carbonyl (C=O) groups is 1. The Morgan fingerprint density at radius 1 is 1.14 bits per heavy atom. The maximum atomic E-state index is 13.2. The van der Waals surface area contributed by atoms with Crippen LogP contribution in [0.2, 0.25) is 0 Å². The molecule has 0 radical (unpaired) electrons. The summed E-state index contributed by atoms with van der Waals surface area (Å²) in [7, 11) is 0. The zero-order valence-electron chi connectivity index (χ0n) is 16.2. The molecule has 7 nitrogen and oxygen atoms in total. The van der Waals surface area contributed by atoms with E-state index in [9.17, 15) is 4.79 Å². The van der Waals surface area contributed by atoms with Crippen molar-refractivity contribution in [3.05, 3.63) is 60.2 Å². The van der Waals surface area contributed by atoms with Gasteiger partial charge in [0.25, 0.3) is 0 Å². The fraction of sp³-hybridized carbons (Fsp3) is 0.300. The largest absolute Gasteiger partial charge is 0.324 e. The van der Waals surface area contributed by atoms with E-state index in [1.807, 2.05) is 60.9 Å². The molecule has 8 heteroatoms. The van der Waals surface area contributed by atoms with E-state index in [2.05, 4.69) is 39.6 Å². The van der Waals surface area contributed by atoms with Gasteiger partial charge in [-0.25, -0.2) is 0 Å². The molecule has 1 aromatic heterocycles. The summed E-state index contributed by atoms with van der Waals surface area (Å²) in [5, 5.41) is 15.5. The van der Waals surface area contributed by atoms with Crippen LogP contribution in [0.1, 0.15) is 25.5 Å². The second-order valence-electron chi connectivity index (χ2n) is 6.15. The Morgan fingerprint density at radius 2 is 1.89 bits per heavy atom. The van der Waals surface area contributed by atoms with Gasteiger partial charge >= 0.3 is 0 Å². The minimum absolute atomic E-state index is 0.0612. The standard InChI is InChI=1S/C20H24N6OS/c1-4-25(5-2)18(15-10-7-6-8-11-15)19(27)21-16-12-9-13-17(14-16)26-20(28-3)22-23-24-26/h6-14,18H,4-5H2,1-3H3,(H,21,27). The molecule has 0 fully saturated rings. The van der Waals surface area contributed by atoms with E-state index < -0.39 is 0 Å². The predicted octanol–water partition coefficient (Wildman–Crippen LogP) is 3.41. The number of likely N-dealkylation sites (N-methyl/N-ethyl adjacent to an activating group) is 1. The van der Waals surface area contributed by atoms with Gasteiger partial charge in [-0.1, -0.05) is 62.0 Å². The zero-order valence-corrected chi connectivity index (χ0v) is 17.1. The van der Waals surface area contributed by atoms with Gasteiger partial charge in [-0.05, 0) is 53.5 Å². The molecule has 1 heterocycles. The molecule has 2 aromatic carbocycles. The van der Waals surface area contributed by atoms with Crippen LogP contribution in [0.4, 0.5) is 5.69 Å². The van der Waals surface area contributed by atoms with Crippen molar-refractivity contribution in [3.63, 3.8) is 0 Å². The van der Waals surface area contributed by atoms with Crippen LogP contribution in [0, 0.1) is 0 Å². The molecule has 0 spiro atoms. The highest BCUT2D eigenvalue weighted by Crippen LogP contribution is 2.24. The average Bonchev–Trinajstić information content (AvgIpc) is 3.21. The highest BCUT2D eigenvalue weighted by atomic mass is 32.2. The number of nitrogens with one attached hydrogen (secondary N) is 1. The van der Waals surface area contributed by atoms with Crippen LogP contribution in [0.25, 0.3) is 5.69 Å². The maximum absolute atomic E-state index is 13.2. The number of rotatable bonds is 8. The third kappa shape index (κ3) is 4.40. The monoisotopic (exact) mass is 396 g/mol. The van der Waals surface area contributed by atoms with Crippen molar-refractivity contribution in [1.82, 2.24) is 25.1 Å². The molecule has 1 unspecified atom stereocenters. The fourth-order valence-corrected chi connectivity index (χ4v) is 3.58. The van der Waals surface area contributed by atoms with Crippen molar-refractivity contribution in [2.45, 2.75) is 25.0 Å². The van der Waals surface area contributed by atoms with Gasteiger partial charge in [-0.3, -0.25) is 9.69 Å². The lowest BCUT2D eigenvalue weighted by Crippen LogP contribution is -2.37. The summed E-state index contributed by atoms with van der Waals surface area (Å²) < 4.78 is 1.65. The summed E-state index contributed by atoms with van der Waals surface area (Å²) in [5.41, 5.74) is 2.48. The third-order valence-corrected chi connectivity index (χ3v) is 5.14. The topological polar surface area (TPSA) is 75.9 Å². The van der Waals surface area contributed by atoms with Crippen LogP contribution in [-0.2, 0) is 4.79 Å². The molecule has 0 aliphatic heterocycles. The number of hydrogen-bond donors (Lipinski definition) is 1. The van der Waals surface area contributed by atoms with Crippen LogP contribution >= 0.6 is 11.8 Å². The average molecular weight is 397 g/mol. The van der Waals surface area contributed by atoms with Crippen LogP contribution in [-0.4, -0.2) is 50.4 Å². The molecule has 3 rings (SSSR count). The highest BCUT2D eigenvalue weighted by molar-refractivity contribution is 7.98. The number of amides is 1. The van der Waals surface area contributed by atoms with E-state index in [4.69, 9.17) is 0 Å². The lowest BCUT2D eigenvalue weighted by Gasteiger charge is -2.29. The van der Waals surface area contributed by atoms with E-state index in [1.165, 1.54) is 11.8 Å². The van der Waals surface area contributed by atoms with Crippen LogP contribution < -0.4 is 5.32 Å². The van der Waals surface area contributed by atoms with Crippen LogP contribution in [0.3, 0.4) is 0 Å². The molecule has 3 aromatic rings. The highest BCUT2D eigenvalue weighted by Gasteiger charge is 2.25. The second kappa shape index (κ2) is 9.48. The molecule has 28 heavy (non-hydrogen) atoms. The Balaban J connectivity index is 1.87. The molecule has 1 N–H and O–H groups in total. The summed E-state index contributed by atoms with van der Waals surface area (Å²) in [5.74, 6) is -0.0612. The van der Waals surface area contributed by atoms with Gasteiger partial charge in [0.05, 0.1) is 5.69 Å². The van der Waals surface area contributed by atoms with E-state index in [0.29, 0.717) is 10.8 Å².